The van der Waals surface area contributed by atoms with Crippen molar-refractivity contribution in [1.82, 2.24) is 5.32 Å². The number of aliphatic carboxylic acids is 1. The molecule has 110 valence electrons. The second kappa shape index (κ2) is 6.89. The van der Waals surface area contributed by atoms with Gasteiger partial charge in [0.05, 0.1) is 17.6 Å². The minimum absolute atomic E-state index is 0.0153. The average molecular weight is 271 g/mol. The standard InChI is InChI=1S/C14H25NO4/c1-3-14(4-2,13(18)19)9-12(17)15-10-7-5-6-8-11(10)16/h10-11,16H,3-9H2,1-2H3,(H,15,17)(H,18,19). The van der Waals surface area contributed by atoms with E-state index < -0.39 is 17.5 Å². The van der Waals surface area contributed by atoms with Crippen molar-refractivity contribution < 1.29 is 19.8 Å². The van der Waals surface area contributed by atoms with Crippen molar-refractivity contribution >= 4 is 11.9 Å². The topological polar surface area (TPSA) is 86.6 Å². The van der Waals surface area contributed by atoms with Gasteiger partial charge >= 0.3 is 5.97 Å². The van der Waals surface area contributed by atoms with Crippen molar-refractivity contribution in [2.24, 2.45) is 5.41 Å². The van der Waals surface area contributed by atoms with E-state index in [9.17, 15) is 19.8 Å². The maximum atomic E-state index is 12.0. The minimum Gasteiger partial charge on any atom is -0.481 e. The Morgan fingerprint density at radius 1 is 1.21 bits per heavy atom. The molecule has 0 aromatic heterocycles. The molecule has 1 amide bonds. The Morgan fingerprint density at radius 2 is 1.79 bits per heavy atom. The number of carbonyl (C=O) groups is 2. The van der Waals surface area contributed by atoms with Crippen molar-refractivity contribution in [2.75, 3.05) is 0 Å². The van der Waals surface area contributed by atoms with Crippen molar-refractivity contribution in [2.45, 2.75) is 70.9 Å². The SMILES string of the molecule is CCC(CC)(CC(=O)NC1CCCCC1O)C(=O)O. The van der Waals surface area contributed by atoms with Gasteiger partial charge in [0.25, 0.3) is 0 Å². The van der Waals surface area contributed by atoms with Gasteiger partial charge in [-0.25, -0.2) is 0 Å². The smallest absolute Gasteiger partial charge is 0.310 e. The van der Waals surface area contributed by atoms with Gasteiger partial charge in [-0.1, -0.05) is 26.7 Å². The van der Waals surface area contributed by atoms with E-state index in [0.717, 1.165) is 19.3 Å². The number of carboxylic acids is 1. The molecule has 1 rings (SSSR count). The number of amides is 1. The Bertz CT molecular complexity index is 325. The quantitative estimate of drug-likeness (QED) is 0.686. The third-order valence-corrected chi connectivity index (χ3v) is 4.38. The second-order valence-electron chi connectivity index (χ2n) is 5.50. The largest absolute Gasteiger partial charge is 0.481 e. The van der Waals surface area contributed by atoms with Gasteiger partial charge in [0.15, 0.2) is 0 Å². The fourth-order valence-electron chi connectivity index (χ4n) is 2.72. The third kappa shape index (κ3) is 3.93. The van der Waals surface area contributed by atoms with Gasteiger partial charge in [-0.05, 0) is 25.7 Å². The highest BCUT2D eigenvalue weighted by Crippen LogP contribution is 2.31. The maximum Gasteiger partial charge on any atom is 0.310 e. The predicted octanol–water partition coefficient (Wildman–Crippen LogP) is 1.69. The zero-order valence-electron chi connectivity index (χ0n) is 11.8. The van der Waals surface area contributed by atoms with Crippen LogP contribution < -0.4 is 5.32 Å². The van der Waals surface area contributed by atoms with Gasteiger partial charge in [-0.15, -0.1) is 0 Å². The van der Waals surface area contributed by atoms with E-state index in [0.29, 0.717) is 19.3 Å². The molecule has 0 spiro atoms. The van der Waals surface area contributed by atoms with Gasteiger partial charge in [-0.2, -0.15) is 0 Å². The Balaban J connectivity index is 2.60. The molecule has 19 heavy (non-hydrogen) atoms. The van der Waals surface area contributed by atoms with Crippen LogP contribution in [-0.4, -0.2) is 34.2 Å². The third-order valence-electron chi connectivity index (χ3n) is 4.38. The number of nitrogens with one attached hydrogen (secondary N) is 1. The molecule has 3 N–H and O–H groups in total. The maximum absolute atomic E-state index is 12.0. The molecule has 0 aliphatic heterocycles. The molecular formula is C14H25NO4. The monoisotopic (exact) mass is 271 g/mol. The summed E-state index contributed by atoms with van der Waals surface area (Å²) in [4.78, 5) is 23.4. The number of hydrogen-bond acceptors (Lipinski definition) is 3. The normalized spacial score (nSPS) is 23.9. The minimum atomic E-state index is -0.982. The lowest BCUT2D eigenvalue weighted by molar-refractivity contribution is -0.152. The van der Waals surface area contributed by atoms with Gasteiger partial charge in [0, 0.05) is 6.42 Å². The van der Waals surface area contributed by atoms with Crippen LogP contribution in [-0.2, 0) is 9.59 Å². The lowest BCUT2D eigenvalue weighted by atomic mass is 9.79. The van der Waals surface area contributed by atoms with Crippen LogP contribution in [0.15, 0.2) is 0 Å². The molecule has 0 radical (unpaired) electrons. The van der Waals surface area contributed by atoms with Crippen molar-refractivity contribution in [3.05, 3.63) is 0 Å². The molecule has 1 aliphatic carbocycles. The fourth-order valence-corrected chi connectivity index (χ4v) is 2.72. The lowest BCUT2D eigenvalue weighted by Gasteiger charge is -2.31. The van der Waals surface area contributed by atoms with E-state index in [1.807, 2.05) is 0 Å². The molecule has 1 saturated carbocycles. The summed E-state index contributed by atoms with van der Waals surface area (Å²) in [6, 6.07) is -0.221. The first-order chi connectivity index (χ1) is 8.95. The van der Waals surface area contributed by atoms with Crippen LogP contribution in [0.4, 0.5) is 0 Å². The summed E-state index contributed by atoms with van der Waals surface area (Å²) in [7, 11) is 0. The number of carboxylic acid groups (broad SMARTS) is 1. The highest BCUT2D eigenvalue weighted by Gasteiger charge is 2.38. The summed E-state index contributed by atoms with van der Waals surface area (Å²) in [5.74, 6) is -1.19. The molecule has 0 aromatic carbocycles. The Morgan fingerprint density at radius 3 is 2.26 bits per heavy atom. The summed E-state index contributed by atoms with van der Waals surface area (Å²) in [5, 5.41) is 21.9. The van der Waals surface area contributed by atoms with E-state index in [1.165, 1.54) is 0 Å². The summed E-state index contributed by atoms with van der Waals surface area (Å²) < 4.78 is 0. The molecule has 0 heterocycles. The number of rotatable bonds is 6. The van der Waals surface area contributed by atoms with Crippen molar-refractivity contribution in [3.8, 4) is 0 Å². The molecule has 0 bridgehead atoms. The first-order valence-corrected chi connectivity index (χ1v) is 7.16. The molecule has 0 aromatic rings. The fraction of sp³-hybridized carbons (Fsp3) is 0.857. The van der Waals surface area contributed by atoms with E-state index >= 15 is 0 Å². The highest BCUT2D eigenvalue weighted by molar-refractivity contribution is 5.85. The molecular weight excluding hydrogens is 246 g/mol. The number of aliphatic hydroxyl groups excluding tert-OH is 1. The molecule has 2 unspecified atom stereocenters. The van der Waals surface area contributed by atoms with Crippen LogP contribution in [0.1, 0.15) is 58.8 Å². The van der Waals surface area contributed by atoms with Crippen molar-refractivity contribution in [1.29, 1.82) is 0 Å². The lowest BCUT2D eigenvalue weighted by Crippen LogP contribution is -2.47. The Hall–Kier alpha value is -1.10. The predicted molar refractivity (Wildman–Crippen MR) is 71.7 cm³/mol. The summed E-state index contributed by atoms with van der Waals surface area (Å²) in [6.45, 7) is 3.58. The summed E-state index contributed by atoms with van der Waals surface area (Å²) >= 11 is 0. The summed E-state index contributed by atoms with van der Waals surface area (Å²) in [5.41, 5.74) is -0.982. The Labute approximate surface area is 114 Å². The molecule has 5 nitrogen and oxygen atoms in total. The van der Waals surface area contributed by atoms with Crippen LogP contribution in [0.3, 0.4) is 0 Å². The average Bonchev–Trinajstić information content (AvgIpc) is 2.38. The first-order valence-electron chi connectivity index (χ1n) is 7.16. The molecule has 2 atom stereocenters. The molecule has 1 aliphatic rings. The van der Waals surface area contributed by atoms with Crippen LogP contribution in [0.5, 0.6) is 0 Å². The molecule has 0 saturated heterocycles. The van der Waals surface area contributed by atoms with Gasteiger partial charge in [-0.3, -0.25) is 9.59 Å². The van der Waals surface area contributed by atoms with Gasteiger partial charge in [0.1, 0.15) is 0 Å². The number of aliphatic hydroxyl groups is 1. The van der Waals surface area contributed by atoms with E-state index in [-0.39, 0.29) is 18.4 Å². The molecule has 5 heteroatoms. The second-order valence-corrected chi connectivity index (χ2v) is 5.50. The van der Waals surface area contributed by atoms with Crippen LogP contribution in [0, 0.1) is 5.41 Å². The van der Waals surface area contributed by atoms with Gasteiger partial charge < -0.3 is 15.5 Å². The van der Waals surface area contributed by atoms with Gasteiger partial charge in [0.2, 0.25) is 5.91 Å². The molecule has 1 fully saturated rings. The van der Waals surface area contributed by atoms with Crippen LogP contribution in [0.25, 0.3) is 0 Å². The van der Waals surface area contributed by atoms with E-state index in [1.54, 1.807) is 13.8 Å². The van der Waals surface area contributed by atoms with E-state index in [2.05, 4.69) is 5.32 Å². The summed E-state index contributed by atoms with van der Waals surface area (Å²) in [6.07, 6.45) is 3.80. The highest BCUT2D eigenvalue weighted by atomic mass is 16.4. The zero-order chi connectivity index (χ0) is 14.5. The number of carbonyl (C=O) groups excluding carboxylic acids is 1. The first kappa shape index (κ1) is 16.0. The van der Waals surface area contributed by atoms with E-state index in [4.69, 9.17) is 0 Å². The van der Waals surface area contributed by atoms with Crippen LogP contribution >= 0.6 is 0 Å². The van der Waals surface area contributed by atoms with Crippen molar-refractivity contribution in [3.63, 3.8) is 0 Å². The Kier molecular flexibility index (Phi) is 5.79. The zero-order valence-corrected chi connectivity index (χ0v) is 11.8. The van der Waals surface area contributed by atoms with Crippen LogP contribution in [0.2, 0.25) is 0 Å². The number of hydrogen-bond donors (Lipinski definition) is 3.